The van der Waals surface area contributed by atoms with Gasteiger partial charge in [-0.1, -0.05) is 15.9 Å². The minimum Gasteiger partial charge on any atom is -0.253 e. The van der Waals surface area contributed by atoms with Crippen LogP contribution in [-0.2, 0) is 10.8 Å². The molecule has 0 saturated heterocycles. The van der Waals surface area contributed by atoms with E-state index in [9.17, 15) is 4.21 Å². The highest BCUT2D eigenvalue weighted by Gasteiger charge is 2.02. The van der Waals surface area contributed by atoms with Gasteiger partial charge in [-0.25, -0.2) is 4.98 Å². The molecule has 3 nitrogen and oxygen atoms in total. The lowest BCUT2D eigenvalue weighted by Gasteiger charge is -1.99. The molecule has 0 spiro atoms. The molecule has 72 valence electrons. The van der Waals surface area contributed by atoms with Crippen molar-refractivity contribution in [2.75, 3.05) is 6.26 Å². The zero-order chi connectivity index (χ0) is 10.1. The topological polar surface area (TPSA) is 42.9 Å². The van der Waals surface area contributed by atoms with E-state index in [1.807, 2.05) is 18.2 Å². The summed E-state index contributed by atoms with van der Waals surface area (Å²) in [6, 6.07) is 5.62. The summed E-state index contributed by atoms with van der Waals surface area (Å²) in [4.78, 5) is 8.41. The van der Waals surface area contributed by atoms with Crippen LogP contribution in [0.2, 0.25) is 0 Å². The second kappa shape index (κ2) is 3.74. The third-order valence-corrected chi connectivity index (χ3v) is 3.06. The van der Waals surface area contributed by atoms with Crippen molar-refractivity contribution < 1.29 is 4.21 Å². The minimum absolute atomic E-state index is 0.514. The summed E-state index contributed by atoms with van der Waals surface area (Å²) < 4.78 is 12.1. The van der Waals surface area contributed by atoms with Gasteiger partial charge in [0, 0.05) is 10.7 Å². The number of fused-ring (bicyclic) bond motifs is 1. The molecule has 1 aromatic heterocycles. The first-order chi connectivity index (χ1) is 6.66. The van der Waals surface area contributed by atoms with Gasteiger partial charge in [0.05, 0.1) is 28.0 Å². The van der Waals surface area contributed by atoms with Crippen molar-refractivity contribution in [1.29, 1.82) is 0 Å². The van der Waals surface area contributed by atoms with E-state index in [2.05, 4.69) is 25.9 Å². The Morgan fingerprint density at radius 2 is 2.14 bits per heavy atom. The summed E-state index contributed by atoms with van der Waals surface area (Å²) in [6.45, 7) is 0. The van der Waals surface area contributed by atoms with E-state index in [0.717, 1.165) is 15.5 Å². The van der Waals surface area contributed by atoms with Crippen LogP contribution in [0.5, 0.6) is 0 Å². The van der Waals surface area contributed by atoms with Crippen LogP contribution in [0.4, 0.5) is 0 Å². The lowest BCUT2D eigenvalue weighted by atomic mass is 10.3. The lowest BCUT2D eigenvalue weighted by Crippen LogP contribution is -1.94. The smallest absolute Gasteiger partial charge is 0.145 e. The predicted octanol–water partition coefficient (Wildman–Crippen LogP) is 2.13. The average molecular weight is 271 g/mol. The molecule has 0 aliphatic heterocycles. The summed E-state index contributed by atoms with van der Waals surface area (Å²) in [5.74, 6) is 0. The fourth-order valence-corrected chi connectivity index (χ4v) is 1.88. The van der Waals surface area contributed by atoms with Gasteiger partial charge >= 0.3 is 0 Å². The molecule has 1 atom stereocenters. The largest absolute Gasteiger partial charge is 0.253 e. The number of hydrogen-bond donors (Lipinski definition) is 0. The van der Waals surface area contributed by atoms with Gasteiger partial charge < -0.3 is 0 Å². The summed E-state index contributed by atoms with van der Waals surface area (Å²) in [7, 11) is -1.08. The summed E-state index contributed by atoms with van der Waals surface area (Å²) in [5, 5.41) is 0.514. The molecule has 0 bridgehead atoms. The monoisotopic (exact) mass is 270 g/mol. The number of rotatable bonds is 1. The van der Waals surface area contributed by atoms with E-state index in [-0.39, 0.29) is 0 Å². The first kappa shape index (κ1) is 9.73. The summed E-state index contributed by atoms with van der Waals surface area (Å²) in [6.07, 6.45) is 3.14. The van der Waals surface area contributed by atoms with E-state index in [1.54, 1.807) is 12.5 Å². The Balaban J connectivity index is 2.67. The molecule has 0 saturated carbocycles. The highest BCUT2D eigenvalue weighted by atomic mass is 79.9. The molecule has 1 aromatic carbocycles. The van der Waals surface area contributed by atoms with Gasteiger partial charge in [-0.2, -0.15) is 0 Å². The van der Waals surface area contributed by atoms with Crippen molar-refractivity contribution in [3.8, 4) is 0 Å². The molecule has 2 rings (SSSR count). The van der Waals surface area contributed by atoms with Crippen molar-refractivity contribution in [2.45, 2.75) is 5.03 Å². The van der Waals surface area contributed by atoms with Crippen LogP contribution in [0.1, 0.15) is 0 Å². The van der Waals surface area contributed by atoms with Crippen molar-refractivity contribution in [2.24, 2.45) is 0 Å². The number of aromatic nitrogens is 2. The highest BCUT2D eigenvalue weighted by molar-refractivity contribution is 9.10. The Hall–Kier alpha value is -0.810. The second-order valence-corrected chi connectivity index (χ2v) is 5.04. The van der Waals surface area contributed by atoms with Crippen LogP contribution >= 0.6 is 15.9 Å². The van der Waals surface area contributed by atoms with Crippen molar-refractivity contribution in [1.82, 2.24) is 9.97 Å². The molecule has 1 heterocycles. The Bertz CT molecular complexity index is 515. The predicted molar refractivity (Wildman–Crippen MR) is 59.6 cm³/mol. The number of nitrogens with zero attached hydrogens (tertiary/aromatic N) is 2. The third-order valence-electron chi connectivity index (χ3n) is 1.78. The molecule has 0 radical (unpaired) electrons. The summed E-state index contributed by atoms with van der Waals surface area (Å²) >= 11 is 3.35. The molecule has 0 fully saturated rings. The highest BCUT2D eigenvalue weighted by Crippen LogP contribution is 2.16. The van der Waals surface area contributed by atoms with E-state index < -0.39 is 10.8 Å². The maximum absolute atomic E-state index is 11.2. The number of hydrogen-bond acceptors (Lipinski definition) is 3. The molecule has 5 heteroatoms. The van der Waals surface area contributed by atoms with Crippen LogP contribution in [0.15, 0.2) is 33.9 Å². The quantitative estimate of drug-likeness (QED) is 0.798. The maximum Gasteiger partial charge on any atom is 0.145 e. The molecule has 14 heavy (non-hydrogen) atoms. The van der Waals surface area contributed by atoms with E-state index in [4.69, 9.17) is 0 Å². The fraction of sp³-hybridized carbons (Fsp3) is 0.111. The van der Waals surface area contributed by atoms with Gasteiger partial charge in [0.15, 0.2) is 0 Å². The van der Waals surface area contributed by atoms with Gasteiger partial charge in [0.2, 0.25) is 0 Å². The van der Waals surface area contributed by atoms with Gasteiger partial charge in [0.1, 0.15) is 5.03 Å². The molecule has 0 aliphatic carbocycles. The Labute approximate surface area is 92.2 Å². The van der Waals surface area contributed by atoms with Gasteiger partial charge in [-0.15, -0.1) is 0 Å². The molecule has 2 aromatic rings. The van der Waals surface area contributed by atoms with E-state index in [0.29, 0.717) is 5.03 Å². The fourth-order valence-electron chi connectivity index (χ4n) is 1.11. The lowest BCUT2D eigenvalue weighted by molar-refractivity contribution is 0.684. The van der Waals surface area contributed by atoms with Crippen molar-refractivity contribution in [3.05, 3.63) is 28.9 Å². The SMILES string of the molecule is CS(=O)c1cnc2cc(Br)ccc2n1. The van der Waals surface area contributed by atoms with Crippen molar-refractivity contribution >= 4 is 37.8 Å². The maximum atomic E-state index is 11.2. The summed E-state index contributed by atoms with van der Waals surface area (Å²) in [5.41, 5.74) is 1.56. The van der Waals surface area contributed by atoms with Crippen LogP contribution in [0, 0.1) is 0 Å². The number of benzene rings is 1. The average Bonchev–Trinajstić information content (AvgIpc) is 2.16. The first-order valence-electron chi connectivity index (χ1n) is 3.92. The molecule has 0 amide bonds. The molecular weight excluding hydrogens is 264 g/mol. The zero-order valence-corrected chi connectivity index (χ0v) is 9.80. The first-order valence-corrected chi connectivity index (χ1v) is 6.27. The molecule has 0 aliphatic rings. The zero-order valence-electron chi connectivity index (χ0n) is 7.40. The second-order valence-electron chi connectivity index (χ2n) is 2.80. The normalized spacial score (nSPS) is 13.0. The Morgan fingerprint density at radius 3 is 2.86 bits per heavy atom. The molecule has 0 N–H and O–H groups in total. The minimum atomic E-state index is -1.08. The standard InChI is InChI=1S/C9H7BrN2OS/c1-14(13)9-5-11-8-4-6(10)2-3-7(8)12-9/h2-5H,1H3. The van der Waals surface area contributed by atoms with Gasteiger partial charge in [-0.05, 0) is 18.2 Å². The molecule has 1 unspecified atom stereocenters. The van der Waals surface area contributed by atoms with Crippen LogP contribution in [0.25, 0.3) is 11.0 Å². The van der Waals surface area contributed by atoms with E-state index >= 15 is 0 Å². The van der Waals surface area contributed by atoms with E-state index in [1.165, 1.54) is 0 Å². The van der Waals surface area contributed by atoms with Gasteiger partial charge in [0.25, 0.3) is 0 Å². The molecular formula is C9H7BrN2OS. The Kier molecular flexibility index (Phi) is 2.60. The van der Waals surface area contributed by atoms with Crippen LogP contribution in [0.3, 0.4) is 0 Å². The van der Waals surface area contributed by atoms with Gasteiger partial charge in [-0.3, -0.25) is 9.19 Å². The third kappa shape index (κ3) is 1.83. The van der Waals surface area contributed by atoms with Crippen molar-refractivity contribution in [3.63, 3.8) is 0 Å². The Morgan fingerprint density at radius 1 is 1.36 bits per heavy atom. The van der Waals surface area contributed by atoms with Crippen LogP contribution < -0.4 is 0 Å². The van der Waals surface area contributed by atoms with Crippen LogP contribution in [-0.4, -0.2) is 20.4 Å². The number of halogens is 1.